The number of piperidine rings is 1. The monoisotopic (exact) mass is 237 g/mol. The van der Waals surface area contributed by atoms with E-state index in [-0.39, 0.29) is 0 Å². The zero-order valence-corrected chi connectivity index (χ0v) is 10.4. The molecule has 1 unspecified atom stereocenters. The van der Waals surface area contributed by atoms with E-state index in [9.17, 15) is 0 Å². The Bertz CT molecular complexity index is 343. The zero-order valence-electron chi connectivity index (χ0n) is 10.4. The predicted molar refractivity (Wildman–Crippen MR) is 64.4 cm³/mol. The molecule has 1 atom stereocenters. The van der Waals surface area contributed by atoms with Gasteiger partial charge in [0.25, 0.3) is 0 Å². The highest BCUT2D eigenvalue weighted by atomic mass is 16.5. The Hall–Kier alpha value is -1.36. The van der Waals surface area contributed by atoms with Crippen LogP contribution >= 0.6 is 0 Å². The third-order valence-corrected chi connectivity index (χ3v) is 3.01. The molecule has 94 valence electrons. The first-order valence-corrected chi connectivity index (χ1v) is 5.98. The minimum Gasteiger partial charge on any atom is -0.481 e. The second-order valence-electron chi connectivity index (χ2n) is 4.29. The molecule has 0 amide bonds. The molecule has 0 bridgehead atoms. The lowest BCUT2D eigenvalue weighted by Gasteiger charge is -2.22. The van der Waals surface area contributed by atoms with Crippen LogP contribution in [0.25, 0.3) is 0 Å². The molecule has 0 radical (unpaired) electrons. The molecule has 2 heterocycles. The summed E-state index contributed by atoms with van der Waals surface area (Å²) in [7, 11) is 3.21. The van der Waals surface area contributed by atoms with Crippen molar-refractivity contribution in [3.05, 3.63) is 11.9 Å². The van der Waals surface area contributed by atoms with Crippen LogP contribution in [0.2, 0.25) is 0 Å². The van der Waals surface area contributed by atoms with Gasteiger partial charge in [0, 0.05) is 6.42 Å². The van der Waals surface area contributed by atoms with Gasteiger partial charge in [0.15, 0.2) is 0 Å². The molecule has 0 aliphatic carbocycles. The first-order chi connectivity index (χ1) is 8.31. The maximum Gasteiger partial charge on any atom is 0.220 e. The third kappa shape index (κ3) is 3.30. The summed E-state index contributed by atoms with van der Waals surface area (Å²) in [5.41, 5.74) is 0. The Morgan fingerprint density at radius 1 is 1.29 bits per heavy atom. The molecule has 1 aliphatic rings. The second-order valence-corrected chi connectivity index (χ2v) is 4.29. The topological polar surface area (TPSA) is 56.3 Å². The summed E-state index contributed by atoms with van der Waals surface area (Å²) in [5.74, 6) is 2.54. The summed E-state index contributed by atoms with van der Waals surface area (Å²) in [4.78, 5) is 8.71. The van der Waals surface area contributed by atoms with Crippen molar-refractivity contribution >= 4 is 0 Å². The van der Waals surface area contributed by atoms with Crippen LogP contribution in [0.5, 0.6) is 11.8 Å². The van der Waals surface area contributed by atoms with E-state index >= 15 is 0 Å². The van der Waals surface area contributed by atoms with Gasteiger partial charge in [-0.1, -0.05) is 0 Å². The SMILES string of the molecule is COc1cc(OC)nc(CC2CCCNC2)n1. The van der Waals surface area contributed by atoms with Gasteiger partial charge >= 0.3 is 0 Å². The maximum absolute atomic E-state index is 5.14. The average molecular weight is 237 g/mol. The quantitative estimate of drug-likeness (QED) is 0.847. The van der Waals surface area contributed by atoms with Crippen molar-refractivity contribution in [2.24, 2.45) is 5.92 Å². The molecule has 1 saturated heterocycles. The van der Waals surface area contributed by atoms with E-state index in [1.54, 1.807) is 20.3 Å². The van der Waals surface area contributed by atoms with Crippen LogP contribution < -0.4 is 14.8 Å². The van der Waals surface area contributed by atoms with E-state index in [1.807, 2.05) is 0 Å². The second kappa shape index (κ2) is 5.82. The molecule has 2 rings (SSSR count). The minimum atomic E-state index is 0.565. The first-order valence-electron chi connectivity index (χ1n) is 5.98. The summed E-state index contributed by atoms with van der Waals surface area (Å²) in [6.07, 6.45) is 3.34. The first kappa shape index (κ1) is 12.1. The number of methoxy groups -OCH3 is 2. The molecule has 1 fully saturated rings. The van der Waals surface area contributed by atoms with Gasteiger partial charge in [-0.2, -0.15) is 9.97 Å². The van der Waals surface area contributed by atoms with Crippen molar-refractivity contribution in [2.75, 3.05) is 27.3 Å². The van der Waals surface area contributed by atoms with E-state index in [0.717, 1.165) is 25.3 Å². The van der Waals surface area contributed by atoms with Gasteiger partial charge in [0.05, 0.1) is 20.3 Å². The Morgan fingerprint density at radius 2 is 2.00 bits per heavy atom. The fourth-order valence-corrected chi connectivity index (χ4v) is 2.11. The standard InChI is InChI=1S/C12H19N3O2/c1-16-11-7-12(17-2)15-10(14-11)6-9-4-3-5-13-8-9/h7,9,13H,3-6,8H2,1-2H3. The molecule has 17 heavy (non-hydrogen) atoms. The number of nitrogens with one attached hydrogen (secondary N) is 1. The van der Waals surface area contributed by atoms with Crippen molar-refractivity contribution in [1.29, 1.82) is 0 Å². The number of hydrogen-bond donors (Lipinski definition) is 1. The number of rotatable bonds is 4. The van der Waals surface area contributed by atoms with Crippen molar-refractivity contribution in [3.63, 3.8) is 0 Å². The Balaban J connectivity index is 2.07. The van der Waals surface area contributed by atoms with Crippen LogP contribution in [0, 0.1) is 5.92 Å². The van der Waals surface area contributed by atoms with Crippen LogP contribution in [0.4, 0.5) is 0 Å². The molecule has 1 N–H and O–H groups in total. The van der Waals surface area contributed by atoms with Crippen molar-refractivity contribution < 1.29 is 9.47 Å². The summed E-state index contributed by atoms with van der Waals surface area (Å²) in [5, 5.41) is 3.39. The van der Waals surface area contributed by atoms with Gasteiger partial charge in [0.2, 0.25) is 11.8 Å². The van der Waals surface area contributed by atoms with Crippen LogP contribution in [0.1, 0.15) is 18.7 Å². The van der Waals surface area contributed by atoms with Gasteiger partial charge < -0.3 is 14.8 Å². The van der Waals surface area contributed by atoms with Gasteiger partial charge in [-0.3, -0.25) is 0 Å². The summed E-state index contributed by atoms with van der Waals surface area (Å²) in [6.45, 7) is 2.17. The molecule has 1 aliphatic heterocycles. The molecular weight excluding hydrogens is 218 g/mol. The minimum absolute atomic E-state index is 0.565. The third-order valence-electron chi connectivity index (χ3n) is 3.01. The Morgan fingerprint density at radius 3 is 2.53 bits per heavy atom. The van der Waals surface area contributed by atoms with Crippen LogP contribution in [0.3, 0.4) is 0 Å². The lowest BCUT2D eigenvalue weighted by Crippen LogP contribution is -2.31. The zero-order chi connectivity index (χ0) is 12.1. The van der Waals surface area contributed by atoms with Crippen molar-refractivity contribution in [1.82, 2.24) is 15.3 Å². The highest BCUT2D eigenvalue weighted by molar-refractivity contribution is 5.21. The predicted octanol–water partition coefficient (Wildman–Crippen LogP) is 1.04. The van der Waals surface area contributed by atoms with E-state index in [0.29, 0.717) is 17.7 Å². The molecule has 0 aromatic carbocycles. The number of ether oxygens (including phenoxy) is 2. The van der Waals surface area contributed by atoms with Crippen LogP contribution in [0.15, 0.2) is 6.07 Å². The summed E-state index contributed by atoms with van der Waals surface area (Å²) < 4.78 is 10.3. The van der Waals surface area contributed by atoms with Crippen LogP contribution in [-0.4, -0.2) is 37.3 Å². The maximum atomic E-state index is 5.14. The Labute approximate surface area is 102 Å². The van der Waals surface area contributed by atoms with Crippen molar-refractivity contribution in [2.45, 2.75) is 19.3 Å². The Kier molecular flexibility index (Phi) is 4.14. The van der Waals surface area contributed by atoms with E-state index in [2.05, 4.69) is 15.3 Å². The molecule has 5 nitrogen and oxygen atoms in total. The highest BCUT2D eigenvalue weighted by Gasteiger charge is 2.16. The molecule has 0 saturated carbocycles. The molecule has 0 spiro atoms. The number of hydrogen-bond acceptors (Lipinski definition) is 5. The van der Waals surface area contributed by atoms with Crippen LogP contribution in [-0.2, 0) is 6.42 Å². The van der Waals surface area contributed by atoms with E-state index < -0.39 is 0 Å². The largest absolute Gasteiger partial charge is 0.481 e. The number of nitrogens with zero attached hydrogens (tertiary/aromatic N) is 2. The smallest absolute Gasteiger partial charge is 0.220 e. The normalized spacial score (nSPS) is 20.0. The lowest BCUT2D eigenvalue weighted by atomic mass is 9.96. The van der Waals surface area contributed by atoms with E-state index in [1.165, 1.54) is 12.8 Å². The average Bonchev–Trinajstić information content (AvgIpc) is 2.39. The molecule has 5 heteroatoms. The highest BCUT2D eigenvalue weighted by Crippen LogP contribution is 2.19. The van der Waals surface area contributed by atoms with Gasteiger partial charge in [-0.25, -0.2) is 0 Å². The van der Waals surface area contributed by atoms with Gasteiger partial charge in [-0.05, 0) is 31.8 Å². The summed E-state index contributed by atoms with van der Waals surface area (Å²) in [6, 6.07) is 1.70. The van der Waals surface area contributed by atoms with Gasteiger partial charge in [0.1, 0.15) is 5.82 Å². The molecular formula is C12H19N3O2. The van der Waals surface area contributed by atoms with Gasteiger partial charge in [-0.15, -0.1) is 0 Å². The van der Waals surface area contributed by atoms with E-state index in [4.69, 9.17) is 9.47 Å². The fourth-order valence-electron chi connectivity index (χ4n) is 2.11. The molecule has 1 aromatic rings. The van der Waals surface area contributed by atoms with Crippen molar-refractivity contribution in [3.8, 4) is 11.8 Å². The summed E-state index contributed by atoms with van der Waals surface area (Å²) >= 11 is 0. The lowest BCUT2D eigenvalue weighted by molar-refractivity contribution is 0.349. The fraction of sp³-hybridized carbons (Fsp3) is 0.667. The molecule has 1 aromatic heterocycles. The number of aromatic nitrogens is 2.